The standard InChI is InChI=1S/C17H23N3S.2HI/c1-18-15-8-4-5-9-16(15)19-14(13-21-17(18)19)12-20(2)10-6-3-7-11-20;;/h4-5,8-9,13H,3,6-7,10-12H2,1-2H3;2*1H/q+2;;/p-2. The molecule has 0 bridgehead atoms. The largest absolute Gasteiger partial charge is 1.00 e. The van der Waals surface area contributed by atoms with Crippen LogP contribution in [0.1, 0.15) is 25.0 Å². The van der Waals surface area contributed by atoms with Crippen molar-refractivity contribution >= 4 is 27.3 Å². The smallest absolute Gasteiger partial charge is 0.346 e. The van der Waals surface area contributed by atoms with Gasteiger partial charge in [-0.2, -0.15) is 4.40 Å². The number of aromatic nitrogens is 2. The maximum Gasteiger partial charge on any atom is 0.346 e. The molecule has 6 heteroatoms. The second-order valence-electron chi connectivity index (χ2n) is 6.68. The van der Waals surface area contributed by atoms with Gasteiger partial charge >= 0.3 is 4.96 Å². The normalized spacial score (nSPS) is 17.0. The first-order chi connectivity index (χ1) is 10.2. The van der Waals surface area contributed by atoms with E-state index >= 15 is 0 Å². The predicted molar refractivity (Wildman–Crippen MR) is 87.4 cm³/mol. The lowest BCUT2D eigenvalue weighted by molar-refractivity contribution is -0.927. The Morgan fingerprint density at radius 2 is 1.83 bits per heavy atom. The fraction of sp³-hybridized carbons (Fsp3) is 0.471. The number of quaternary nitrogens is 1. The molecule has 0 spiro atoms. The number of aryl methyl sites for hydroxylation is 1. The molecule has 2 aromatic heterocycles. The zero-order valence-electron chi connectivity index (χ0n) is 13.6. The summed E-state index contributed by atoms with van der Waals surface area (Å²) in [6, 6.07) is 8.74. The average Bonchev–Trinajstić information content (AvgIpc) is 3.01. The summed E-state index contributed by atoms with van der Waals surface area (Å²) in [6.45, 7) is 3.80. The van der Waals surface area contributed by atoms with Crippen molar-refractivity contribution < 1.29 is 57.0 Å². The lowest BCUT2D eigenvalue weighted by atomic mass is 10.1. The molecule has 0 amide bonds. The van der Waals surface area contributed by atoms with E-state index in [-0.39, 0.29) is 48.0 Å². The summed E-state index contributed by atoms with van der Waals surface area (Å²) >= 11 is 1.87. The molecule has 0 atom stereocenters. The number of rotatable bonds is 2. The summed E-state index contributed by atoms with van der Waals surface area (Å²) in [5.74, 6) is 0. The number of benzene rings is 1. The molecule has 3 heterocycles. The van der Waals surface area contributed by atoms with Gasteiger partial charge in [0.1, 0.15) is 6.54 Å². The van der Waals surface area contributed by atoms with E-state index in [0.29, 0.717) is 0 Å². The van der Waals surface area contributed by atoms with E-state index in [4.69, 9.17) is 0 Å². The zero-order chi connectivity index (χ0) is 14.4. The molecule has 1 aliphatic rings. The Hall–Kier alpha value is 0.0700. The highest BCUT2D eigenvalue weighted by Crippen LogP contribution is 2.26. The lowest BCUT2D eigenvalue weighted by Gasteiger charge is -2.36. The van der Waals surface area contributed by atoms with Gasteiger partial charge in [-0.1, -0.05) is 23.5 Å². The van der Waals surface area contributed by atoms with E-state index in [2.05, 4.69) is 52.7 Å². The van der Waals surface area contributed by atoms with E-state index in [1.165, 1.54) is 58.5 Å². The number of nitrogens with zero attached hydrogens (tertiary/aromatic N) is 3. The Labute approximate surface area is 175 Å². The molecule has 3 nitrogen and oxygen atoms in total. The van der Waals surface area contributed by atoms with Gasteiger partial charge in [-0.3, -0.25) is 0 Å². The first-order valence-corrected chi connectivity index (χ1v) is 8.75. The summed E-state index contributed by atoms with van der Waals surface area (Å²) in [6.07, 6.45) is 4.17. The molecule has 3 aromatic rings. The highest BCUT2D eigenvalue weighted by Gasteiger charge is 2.30. The average molecular weight is 555 g/mol. The van der Waals surface area contributed by atoms with Crippen LogP contribution < -0.4 is 52.5 Å². The SMILES string of the molecule is C[n+]1c2ccccc2n2c(C[N+]3(C)CCCCC3)csc21.[I-].[I-]. The van der Waals surface area contributed by atoms with Gasteiger partial charge in [0, 0.05) is 5.38 Å². The Bertz CT molecular complexity index is 803. The molecule has 0 N–H and O–H groups in total. The first kappa shape index (κ1) is 19.4. The third-order valence-electron chi connectivity index (χ3n) is 4.99. The van der Waals surface area contributed by atoms with Crippen LogP contribution >= 0.6 is 11.3 Å². The minimum atomic E-state index is 0. The van der Waals surface area contributed by atoms with Crippen molar-refractivity contribution in [2.24, 2.45) is 7.05 Å². The van der Waals surface area contributed by atoms with Gasteiger partial charge in [-0.05, 0) is 31.4 Å². The van der Waals surface area contributed by atoms with Crippen LogP contribution in [0.4, 0.5) is 0 Å². The molecule has 0 unspecified atom stereocenters. The fourth-order valence-corrected chi connectivity index (χ4v) is 4.81. The van der Waals surface area contributed by atoms with Crippen LogP contribution in [0.2, 0.25) is 0 Å². The lowest BCUT2D eigenvalue weighted by Crippen LogP contribution is -3.00. The first-order valence-electron chi connectivity index (χ1n) is 7.87. The summed E-state index contributed by atoms with van der Waals surface area (Å²) < 4.78 is 5.99. The van der Waals surface area contributed by atoms with Crippen molar-refractivity contribution in [3.05, 3.63) is 35.3 Å². The number of piperidine rings is 1. The number of halogens is 2. The number of para-hydroxylation sites is 2. The van der Waals surface area contributed by atoms with Crippen LogP contribution in [0.5, 0.6) is 0 Å². The molecule has 1 aliphatic heterocycles. The number of imidazole rings is 1. The predicted octanol–water partition coefficient (Wildman–Crippen LogP) is -2.88. The van der Waals surface area contributed by atoms with Crippen molar-refractivity contribution in [3.8, 4) is 0 Å². The Morgan fingerprint density at radius 1 is 1.13 bits per heavy atom. The molecule has 0 radical (unpaired) electrons. The van der Waals surface area contributed by atoms with E-state index in [1.807, 2.05) is 11.3 Å². The third-order valence-corrected chi connectivity index (χ3v) is 6.05. The minimum Gasteiger partial charge on any atom is -1.00 e. The minimum absolute atomic E-state index is 0. The summed E-state index contributed by atoms with van der Waals surface area (Å²) in [5.41, 5.74) is 4.14. The van der Waals surface area contributed by atoms with Crippen LogP contribution in [-0.4, -0.2) is 29.0 Å². The highest BCUT2D eigenvalue weighted by molar-refractivity contribution is 7.14. The quantitative estimate of drug-likeness (QED) is 0.183. The van der Waals surface area contributed by atoms with Crippen molar-refractivity contribution in [3.63, 3.8) is 0 Å². The van der Waals surface area contributed by atoms with E-state index in [9.17, 15) is 0 Å². The van der Waals surface area contributed by atoms with Crippen molar-refractivity contribution in [1.82, 2.24) is 4.40 Å². The van der Waals surface area contributed by atoms with Gasteiger partial charge < -0.3 is 52.4 Å². The number of fused-ring (bicyclic) bond motifs is 3. The number of hydrogen-bond donors (Lipinski definition) is 0. The van der Waals surface area contributed by atoms with Crippen LogP contribution in [0, 0.1) is 0 Å². The molecular formula is C17H23I2N3S. The molecule has 1 saturated heterocycles. The van der Waals surface area contributed by atoms with Crippen molar-refractivity contribution in [1.29, 1.82) is 0 Å². The number of likely N-dealkylation sites (tertiary alicyclic amines) is 1. The van der Waals surface area contributed by atoms with Gasteiger partial charge in [0.15, 0.2) is 16.7 Å². The number of hydrogen-bond acceptors (Lipinski definition) is 1. The Morgan fingerprint density at radius 3 is 2.57 bits per heavy atom. The second-order valence-corrected chi connectivity index (χ2v) is 7.51. The summed E-state index contributed by atoms with van der Waals surface area (Å²) in [5, 5.41) is 2.36. The molecule has 1 fully saturated rings. The van der Waals surface area contributed by atoms with E-state index < -0.39 is 0 Å². The van der Waals surface area contributed by atoms with Crippen LogP contribution in [0.15, 0.2) is 29.6 Å². The maximum atomic E-state index is 2.47. The maximum absolute atomic E-state index is 2.47. The van der Waals surface area contributed by atoms with Gasteiger partial charge in [0.2, 0.25) is 0 Å². The molecule has 1 aromatic carbocycles. The summed E-state index contributed by atoms with van der Waals surface area (Å²) in [4.78, 5) is 1.34. The van der Waals surface area contributed by atoms with Crippen LogP contribution in [0.25, 0.3) is 16.0 Å². The van der Waals surface area contributed by atoms with Crippen molar-refractivity contribution in [2.45, 2.75) is 25.8 Å². The van der Waals surface area contributed by atoms with E-state index in [0.717, 1.165) is 6.54 Å². The summed E-state index contributed by atoms with van der Waals surface area (Å²) in [7, 11) is 4.60. The van der Waals surface area contributed by atoms with Gasteiger partial charge in [0.05, 0.1) is 27.2 Å². The highest BCUT2D eigenvalue weighted by atomic mass is 127. The van der Waals surface area contributed by atoms with E-state index in [1.54, 1.807) is 0 Å². The van der Waals surface area contributed by atoms with Crippen LogP contribution in [0.3, 0.4) is 0 Å². The Kier molecular flexibility index (Phi) is 6.35. The molecule has 4 rings (SSSR count). The van der Waals surface area contributed by atoms with Gasteiger partial charge in [-0.25, -0.2) is 4.57 Å². The van der Waals surface area contributed by atoms with Gasteiger partial charge in [0.25, 0.3) is 0 Å². The number of thiazole rings is 1. The molecule has 126 valence electrons. The molecular weight excluding hydrogens is 532 g/mol. The van der Waals surface area contributed by atoms with Crippen LogP contribution in [-0.2, 0) is 13.6 Å². The molecule has 0 aliphatic carbocycles. The zero-order valence-corrected chi connectivity index (χ0v) is 18.8. The van der Waals surface area contributed by atoms with Crippen molar-refractivity contribution in [2.75, 3.05) is 20.1 Å². The van der Waals surface area contributed by atoms with Gasteiger partial charge in [-0.15, -0.1) is 0 Å². The molecule has 23 heavy (non-hydrogen) atoms. The topological polar surface area (TPSA) is 8.29 Å². The second kappa shape index (κ2) is 7.53. The monoisotopic (exact) mass is 555 g/mol. The third kappa shape index (κ3) is 3.41. The fourth-order valence-electron chi connectivity index (χ4n) is 3.81. The Balaban J connectivity index is 0.000000960. The molecule has 0 saturated carbocycles.